The van der Waals surface area contributed by atoms with Crippen molar-refractivity contribution in [2.24, 2.45) is 0 Å². The zero-order valence-corrected chi connectivity index (χ0v) is 34.7. The number of hydrogen-bond donors (Lipinski definition) is 0. The summed E-state index contributed by atoms with van der Waals surface area (Å²) < 4.78 is 0. The molecule has 0 unspecified atom stereocenters. The van der Waals surface area contributed by atoms with Gasteiger partial charge in [-0.15, -0.1) is 25.7 Å². The van der Waals surface area contributed by atoms with Crippen molar-refractivity contribution >= 4 is 33.1 Å². The van der Waals surface area contributed by atoms with Crippen LogP contribution in [0.1, 0.15) is 25.7 Å². The van der Waals surface area contributed by atoms with Crippen molar-refractivity contribution < 1.29 is 63.2 Å². The third-order valence-corrected chi connectivity index (χ3v) is 15.6. The van der Waals surface area contributed by atoms with Gasteiger partial charge in [-0.1, -0.05) is 0 Å². The molecule has 0 atom stereocenters. The summed E-state index contributed by atoms with van der Waals surface area (Å²) in [6.07, 6.45) is 38.9. The topological polar surface area (TPSA) is 0 Å². The van der Waals surface area contributed by atoms with Crippen LogP contribution in [-0.2, 0) is 38.3 Å². The van der Waals surface area contributed by atoms with E-state index in [9.17, 15) is 0 Å². The molecule has 0 nitrogen and oxygen atoms in total. The second kappa shape index (κ2) is 31.0. The summed E-state index contributed by atoms with van der Waals surface area (Å²) in [6, 6.07) is 43.0. The molecule has 50 heavy (non-hydrogen) atoms. The van der Waals surface area contributed by atoms with Crippen LogP contribution >= 0.6 is 0 Å². The molecule has 0 heterocycles. The summed E-state index contributed by atoms with van der Waals surface area (Å²) in [6.45, 7) is 0. The average molecular weight is 792 g/mol. The second-order valence-electron chi connectivity index (χ2n) is 10.2. The molecule has 0 saturated heterocycles. The zero-order valence-electron chi connectivity index (χ0n) is 28.1. The molecule has 0 N–H and O–H groups in total. The Morgan fingerprint density at radius 1 is 0.340 bits per heavy atom. The van der Waals surface area contributed by atoms with E-state index in [-0.39, 0.29) is 24.8 Å². The van der Waals surface area contributed by atoms with Gasteiger partial charge in [-0.05, 0) is 0 Å². The van der Waals surface area contributed by atoms with Crippen LogP contribution in [-0.4, -0.2) is 12.4 Å². The van der Waals surface area contributed by atoms with Gasteiger partial charge in [-0.3, -0.25) is 24.3 Å². The van der Waals surface area contributed by atoms with Crippen LogP contribution in [0.4, 0.5) is 0 Å². The summed E-state index contributed by atoms with van der Waals surface area (Å²) in [7, 11) is 0. The Morgan fingerprint density at radius 2 is 0.540 bits per heavy atom. The molecule has 6 heteroatoms. The Kier molecular flexibility index (Phi) is 28.1. The first-order chi connectivity index (χ1) is 23.8. The van der Waals surface area contributed by atoms with Crippen LogP contribution in [0.3, 0.4) is 0 Å². The summed E-state index contributed by atoms with van der Waals surface area (Å²) in [5.41, 5.74) is 0. The van der Waals surface area contributed by atoms with Crippen LogP contribution in [0.5, 0.6) is 0 Å². The zero-order chi connectivity index (χ0) is 33.7. The van der Waals surface area contributed by atoms with Crippen LogP contribution in [0.15, 0.2) is 194 Å². The third-order valence-electron chi connectivity index (χ3n) is 6.59. The van der Waals surface area contributed by atoms with Gasteiger partial charge in [0.15, 0.2) is 0 Å². The summed E-state index contributed by atoms with van der Waals surface area (Å²) in [5.74, 6) is 0. The molecule has 0 aromatic heterocycles. The molecule has 8 rings (SSSR count). The molecule has 4 aliphatic rings. The van der Waals surface area contributed by atoms with Gasteiger partial charge in [0, 0.05) is 0 Å². The van der Waals surface area contributed by atoms with E-state index in [1.807, 2.05) is 48.6 Å². The fraction of sp³-hybridized carbons (Fsp3) is 0.0909. The molecule has 0 radical (unpaired) electrons. The van der Waals surface area contributed by atoms with E-state index in [0.29, 0.717) is 0 Å². The van der Waals surface area contributed by atoms with Gasteiger partial charge in [0.1, 0.15) is 0 Å². The third kappa shape index (κ3) is 20.8. The van der Waals surface area contributed by atoms with Gasteiger partial charge in [-0.25, -0.2) is 48.6 Å². The Labute approximate surface area is 337 Å². The SMILES string of the molecule is [C-]1=CC=CC1.[C-]1=CC=CC1.[C-]1=CC=CC1.[C-]1=CC=CC1.[Cl-].[Cl-].[Ti+2]=[Si](c1ccccc1)c1ccccc1.[Ti+2]=[Si](c1ccccc1)c1ccccc1. The van der Waals surface area contributed by atoms with Crippen molar-refractivity contribution in [1.82, 2.24) is 0 Å². The molecular formula is C44H40Cl2Si2Ti2-2. The Morgan fingerprint density at radius 3 is 0.660 bits per heavy atom. The van der Waals surface area contributed by atoms with Gasteiger partial charge in [0.2, 0.25) is 0 Å². The first kappa shape index (κ1) is 45.3. The molecule has 0 spiro atoms. The average Bonchev–Trinajstić information content (AvgIpc) is 4.03. The Bertz CT molecular complexity index is 1430. The predicted molar refractivity (Wildman–Crippen MR) is 202 cm³/mol. The molecule has 0 saturated carbocycles. The van der Waals surface area contributed by atoms with E-state index in [2.05, 4.69) is 208 Å². The van der Waals surface area contributed by atoms with Crippen molar-refractivity contribution in [1.29, 1.82) is 0 Å². The van der Waals surface area contributed by atoms with E-state index < -0.39 is 12.4 Å². The Hall–Kier alpha value is -2.76. The summed E-state index contributed by atoms with van der Waals surface area (Å²) >= 11 is 4.69. The van der Waals surface area contributed by atoms with Crippen molar-refractivity contribution in [2.75, 3.05) is 0 Å². The fourth-order valence-electron chi connectivity index (χ4n) is 4.11. The normalized spacial score (nSPS) is 12.6. The van der Waals surface area contributed by atoms with Gasteiger partial charge in [0.25, 0.3) is 0 Å². The molecule has 0 aliphatic heterocycles. The van der Waals surface area contributed by atoms with Gasteiger partial charge in [0.05, 0.1) is 0 Å². The molecule has 4 aliphatic carbocycles. The number of benzene rings is 4. The van der Waals surface area contributed by atoms with Crippen LogP contribution in [0.2, 0.25) is 0 Å². The van der Waals surface area contributed by atoms with Crippen molar-refractivity contribution in [3.63, 3.8) is 0 Å². The number of allylic oxidation sites excluding steroid dienone is 16. The van der Waals surface area contributed by atoms with E-state index >= 15 is 0 Å². The standard InChI is InChI=1S/2C12H10Si.4C5H5.2ClH.2Ti/c2*1-3-7-11(8-4-1)13-12-9-5-2-6-10-12;4*1-2-4-5-3-1;;;;/h2*1-10H;4*1-3H,4H2;2*1H;;/q;;4*-1;;;2*+2/p-2. The summed E-state index contributed by atoms with van der Waals surface area (Å²) in [4.78, 5) is 0. The fourth-order valence-corrected chi connectivity index (χ4v) is 10.0. The molecule has 0 fully saturated rings. The van der Waals surface area contributed by atoms with Gasteiger partial charge >= 0.3 is 193 Å². The number of hydrogen-bond acceptors (Lipinski definition) is 0. The Balaban J connectivity index is 0.000000319. The van der Waals surface area contributed by atoms with E-state index in [1.54, 1.807) is 0 Å². The van der Waals surface area contributed by atoms with Crippen LogP contribution in [0.25, 0.3) is 0 Å². The van der Waals surface area contributed by atoms with Crippen molar-refractivity contribution in [3.05, 3.63) is 219 Å². The molecule has 4 aromatic carbocycles. The first-order valence-corrected chi connectivity index (χ1v) is 23.7. The molecular weight excluding hydrogens is 751 g/mol. The quantitative estimate of drug-likeness (QED) is 0.219. The monoisotopic (exact) mass is 790 g/mol. The maximum atomic E-state index is 2.99. The number of halogens is 2. The van der Waals surface area contributed by atoms with E-state index in [4.69, 9.17) is 0 Å². The van der Waals surface area contributed by atoms with E-state index in [0.717, 1.165) is 25.7 Å². The van der Waals surface area contributed by atoms with Crippen LogP contribution in [0, 0.1) is 24.3 Å². The molecule has 0 amide bonds. The van der Waals surface area contributed by atoms with Gasteiger partial charge < -0.3 is 24.8 Å². The maximum absolute atomic E-state index is 2.99. The van der Waals surface area contributed by atoms with Gasteiger partial charge in [-0.2, -0.15) is 24.3 Å². The predicted octanol–water partition coefficient (Wildman–Crippen LogP) is 1.91. The van der Waals surface area contributed by atoms with Crippen molar-refractivity contribution in [2.45, 2.75) is 25.7 Å². The summed E-state index contributed by atoms with van der Waals surface area (Å²) in [5, 5.41) is 5.90. The minimum atomic E-state index is -0.545. The minimum absolute atomic E-state index is 0. The second-order valence-corrected chi connectivity index (χ2v) is 18.7. The van der Waals surface area contributed by atoms with Crippen molar-refractivity contribution in [3.8, 4) is 0 Å². The molecule has 248 valence electrons. The number of rotatable bonds is 4. The molecule has 4 aromatic rings. The van der Waals surface area contributed by atoms with Crippen LogP contribution < -0.4 is 45.6 Å². The van der Waals surface area contributed by atoms with E-state index in [1.165, 1.54) is 20.7 Å². The first-order valence-electron chi connectivity index (χ1n) is 16.0. The molecule has 0 bridgehead atoms.